The minimum Gasteiger partial charge on any atom is -0.454 e. The third kappa shape index (κ3) is 4.29. The first-order valence-corrected chi connectivity index (χ1v) is 9.98. The predicted molar refractivity (Wildman–Crippen MR) is 111 cm³/mol. The molecule has 2 aromatic carbocycles. The standard InChI is InChI=1S/C22H25N3O4/c1-2-3-21(26)25-12-10-24(11-13-25)18-7-5-17(6-8-18)23-22(27)16-4-9-19-20(14-16)29-15-28-19/h4-9,14H,2-3,10-13,15H2,1H3,(H,23,27). The molecule has 2 heterocycles. The Morgan fingerprint density at radius 1 is 0.966 bits per heavy atom. The van der Waals surface area contributed by atoms with Gasteiger partial charge in [-0.1, -0.05) is 6.92 Å². The van der Waals surface area contributed by atoms with Crippen molar-refractivity contribution in [2.75, 3.05) is 43.2 Å². The van der Waals surface area contributed by atoms with Crippen LogP contribution >= 0.6 is 0 Å². The number of anilines is 2. The molecule has 0 aromatic heterocycles. The number of hydrogen-bond acceptors (Lipinski definition) is 5. The second-order valence-electron chi connectivity index (χ2n) is 7.19. The van der Waals surface area contributed by atoms with Crippen molar-refractivity contribution in [1.29, 1.82) is 0 Å². The summed E-state index contributed by atoms with van der Waals surface area (Å²) in [6.45, 7) is 5.35. The molecule has 0 bridgehead atoms. The first kappa shape index (κ1) is 19.1. The smallest absolute Gasteiger partial charge is 0.255 e. The molecule has 7 nitrogen and oxygen atoms in total. The Bertz CT molecular complexity index is 889. The Kier molecular flexibility index (Phi) is 5.55. The van der Waals surface area contributed by atoms with Crippen molar-refractivity contribution < 1.29 is 19.1 Å². The maximum Gasteiger partial charge on any atom is 0.255 e. The largest absolute Gasteiger partial charge is 0.454 e. The van der Waals surface area contributed by atoms with E-state index in [2.05, 4.69) is 10.2 Å². The number of ether oxygens (including phenoxy) is 2. The van der Waals surface area contributed by atoms with Crippen LogP contribution in [-0.4, -0.2) is 49.7 Å². The predicted octanol–water partition coefficient (Wildman–Crippen LogP) is 3.12. The lowest BCUT2D eigenvalue weighted by molar-refractivity contribution is -0.131. The van der Waals surface area contributed by atoms with Crippen LogP contribution in [0.15, 0.2) is 42.5 Å². The van der Waals surface area contributed by atoms with Crippen LogP contribution in [0.4, 0.5) is 11.4 Å². The van der Waals surface area contributed by atoms with Gasteiger partial charge in [-0.2, -0.15) is 0 Å². The van der Waals surface area contributed by atoms with Gasteiger partial charge < -0.3 is 24.6 Å². The molecule has 1 fully saturated rings. The van der Waals surface area contributed by atoms with Crippen LogP contribution in [0.2, 0.25) is 0 Å². The Labute approximate surface area is 170 Å². The summed E-state index contributed by atoms with van der Waals surface area (Å²) in [4.78, 5) is 28.7. The van der Waals surface area contributed by atoms with Crippen molar-refractivity contribution >= 4 is 23.2 Å². The van der Waals surface area contributed by atoms with E-state index in [1.807, 2.05) is 36.1 Å². The van der Waals surface area contributed by atoms with E-state index in [-0.39, 0.29) is 18.6 Å². The SMILES string of the molecule is CCCC(=O)N1CCN(c2ccc(NC(=O)c3ccc4c(c3)OCO4)cc2)CC1. The summed E-state index contributed by atoms with van der Waals surface area (Å²) < 4.78 is 10.6. The van der Waals surface area contributed by atoms with E-state index in [9.17, 15) is 9.59 Å². The molecule has 1 saturated heterocycles. The molecule has 1 N–H and O–H groups in total. The summed E-state index contributed by atoms with van der Waals surface area (Å²) in [5.74, 6) is 1.29. The number of fused-ring (bicyclic) bond motifs is 1. The van der Waals surface area contributed by atoms with Gasteiger partial charge in [0.25, 0.3) is 5.91 Å². The van der Waals surface area contributed by atoms with Gasteiger partial charge in [-0.05, 0) is 48.9 Å². The highest BCUT2D eigenvalue weighted by Gasteiger charge is 2.21. The fourth-order valence-corrected chi connectivity index (χ4v) is 3.58. The summed E-state index contributed by atoms with van der Waals surface area (Å²) in [6.07, 6.45) is 1.51. The zero-order chi connectivity index (χ0) is 20.2. The number of nitrogens with one attached hydrogen (secondary N) is 1. The lowest BCUT2D eigenvalue weighted by atomic mass is 10.1. The molecule has 0 aliphatic carbocycles. The van der Waals surface area contributed by atoms with Crippen molar-refractivity contribution in [2.24, 2.45) is 0 Å². The number of carbonyl (C=O) groups excluding carboxylic acids is 2. The lowest BCUT2D eigenvalue weighted by Gasteiger charge is -2.36. The van der Waals surface area contributed by atoms with E-state index >= 15 is 0 Å². The average molecular weight is 395 g/mol. The van der Waals surface area contributed by atoms with Gasteiger partial charge in [0.2, 0.25) is 12.7 Å². The highest BCUT2D eigenvalue weighted by molar-refractivity contribution is 6.04. The average Bonchev–Trinajstić information content (AvgIpc) is 3.22. The summed E-state index contributed by atoms with van der Waals surface area (Å²) >= 11 is 0. The van der Waals surface area contributed by atoms with Crippen LogP contribution in [0, 0.1) is 0 Å². The number of benzene rings is 2. The van der Waals surface area contributed by atoms with Gasteiger partial charge in [-0.3, -0.25) is 9.59 Å². The Hall–Kier alpha value is -3.22. The van der Waals surface area contributed by atoms with Gasteiger partial charge in [-0.25, -0.2) is 0 Å². The van der Waals surface area contributed by atoms with Gasteiger partial charge in [0, 0.05) is 49.5 Å². The normalized spacial score (nSPS) is 15.3. The van der Waals surface area contributed by atoms with E-state index in [1.165, 1.54) is 0 Å². The van der Waals surface area contributed by atoms with Crippen molar-refractivity contribution in [3.05, 3.63) is 48.0 Å². The highest BCUT2D eigenvalue weighted by atomic mass is 16.7. The van der Waals surface area contributed by atoms with Crippen LogP contribution in [0.5, 0.6) is 11.5 Å². The van der Waals surface area contributed by atoms with Crippen LogP contribution < -0.4 is 19.7 Å². The van der Waals surface area contributed by atoms with Crippen LogP contribution in [-0.2, 0) is 4.79 Å². The van der Waals surface area contributed by atoms with E-state index in [1.54, 1.807) is 18.2 Å². The Morgan fingerprint density at radius 3 is 2.41 bits per heavy atom. The van der Waals surface area contributed by atoms with Crippen molar-refractivity contribution in [3.63, 3.8) is 0 Å². The molecular weight excluding hydrogens is 370 g/mol. The summed E-state index contributed by atoms with van der Waals surface area (Å²) in [5, 5.41) is 2.91. The van der Waals surface area contributed by atoms with Crippen molar-refractivity contribution in [1.82, 2.24) is 4.90 Å². The number of carbonyl (C=O) groups is 2. The van der Waals surface area contributed by atoms with Crippen molar-refractivity contribution in [3.8, 4) is 11.5 Å². The van der Waals surface area contributed by atoms with Gasteiger partial charge >= 0.3 is 0 Å². The molecule has 0 unspecified atom stereocenters. The Balaban J connectivity index is 1.34. The van der Waals surface area contributed by atoms with E-state index in [4.69, 9.17) is 9.47 Å². The number of hydrogen-bond donors (Lipinski definition) is 1. The second-order valence-corrected chi connectivity index (χ2v) is 7.19. The fraction of sp³-hybridized carbons (Fsp3) is 0.364. The quantitative estimate of drug-likeness (QED) is 0.842. The molecule has 2 aromatic rings. The third-order valence-electron chi connectivity index (χ3n) is 5.22. The number of rotatable bonds is 5. The first-order chi connectivity index (χ1) is 14.1. The van der Waals surface area contributed by atoms with Gasteiger partial charge in [-0.15, -0.1) is 0 Å². The van der Waals surface area contributed by atoms with Crippen LogP contribution in [0.3, 0.4) is 0 Å². The van der Waals surface area contributed by atoms with Gasteiger partial charge in [0.05, 0.1) is 0 Å². The van der Waals surface area contributed by atoms with Gasteiger partial charge in [0.15, 0.2) is 11.5 Å². The van der Waals surface area contributed by atoms with E-state index < -0.39 is 0 Å². The third-order valence-corrected chi connectivity index (χ3v) is 5.22. The molecule has 4 rings (SSSR count). The fourth-order valence-electron chi connectivity index (χ4n) is 3.58. The van der Waals surface area contributed by atoms with Crippen molar-refractivity contribution in [2.45, 2.75) is 19.8 Å². The molecule has 2 aliphatic heterocycles. The molecule has 2 aliphatic rings. The molecule has 2 amide bonds. The highest BCUT2D eigenvalue weighted by Crippen LogP contribution is 2.32. The molecule has 29 heavy (non-hydrogen) atoms. The van der Waals surface area contributed by atoms with Gasteiger partial charge in [0.1, 0.15) is 0 Å². The molecule has 0 atom stereocenters. The molecule has 7 heteroatoms. The summed E-state index contributed by atoms with van der Waals surface area (Å²) in [6, 6.07) is 12.9. The minimum absolute atomic E-state index is 0.183. The Morgan fingerprint density at radius 2 is 1.69 bits per heavy atom. The monoisotopic (exact) mass is 395 g/mol. The lowest BCUT2D eigenvalue weighted by Crippen LogP contribution is -2.48. The first-order valence-electron chi connectivity index (χ1n) is 9.98. The molecule has 0 radical (unpaired) electrons. The molecule has 0 saturated carbocycles. The number of nitrogens with zero attached hydrogens (tertiary/aromatic N) is 2. The second kappa shape index (κ2) is 8.43. The van der Waals surface area contributed by atoms with E-state index in [0.717, 1.165) is 44.0 Å². The maximum absolute atomic E-state index is 12.5. The van der Waals surface area contributed by atoms with Crippen LogP contribution in [0.1, 0.15) is 30.1 Å². The topological polar surface area (TPSA) is 71.1 Å². The number of amides is 2. The molecule has 0 spiro atoms. The zero-order valence-electron chi connectivity index (χ0n) is 16.5. The maximum atomic E-state index is 12.5. The molecule has 152 valence electrons. The van der Waals surface area contributed by atoms with Crippen LogP contribution in [0.25, 0.3) is 0 Å². The zero-order valence-corrected chi connectivity index (χ0v) is 16.5. The number of piperazine rings is 1. The minimum atomic E-state index is -0.195. The summed E-state index contributed by atoms with van der Waals surface area (Å²) in [5.41, 5.74) is 2.34. The summed E-state index contributed by atoms with van der Waals surface area (Å²) in [7, 11) is 0. The molecular formula is C22H25N3O4. The van der Waals surface area contributed by atoms with E-state index in [0.29, 0.717) is 23.5 Å².